The molecule has 0 aliphatic carbocycles. The van der Waals surface area contributed by atoms with Gasteiger partial charge in [0, 0.05) is 17.7 Å². The number of aryl methyl sites for hydroxylation is 1. The maximum absolute atomic E-state index is 11.3. The molecule has 0 saturated heterocycles. The second kappa shape index (κ2) is 5.63. The van der Waals surface area contributed by atoms with E-state index in [0.29, 0.717) is 16.8 Å². The summed E-state index contributed by atoms with van der Waals surface area (Å²) >= 11 is 0. The second-order valence-corrected chi connectivity index (χ2v) is 5.17. The van der Waals surface area contributed by atoms with Crippen molar-refractivity contribution in [2.45, 2.75) is 6.92 Å². The van der Waals surface area contributed by atoms with Gasteiger partial charge in [-0.1, -0.05) is 9.61 Å². The summed E-state index contributed by atoms with van der Waals surface area (Å²) in [5.74, 6) is -0.534. The zero-order valence-corrected chi connectivity index (χ0v) is 12.6. The molecule has 0 radical (unpaired) electrons. The van der Waals surface area contributed by atoms with E-state index in [2.05, 4.69) is 5.10 Å². The number of nitro benzene ring substituents is 1. The average molecular weight is 343 g/mol. The monoisotopic (exact) mass is 343 g/mol. The minimum absolute atomic E-state index is 0.0452. The molecular formula is C14H9N5O6. The molecule has 0 N–H and O–H groups in total. The summed E-state index contributed by atoms with van der Waals surface area (Å²) in [6.45, 7) is 1.59. The summed E-state index contributed by atoms with van der Waals surface area (Å²) < 4.78 is 0.907. The first-order chi connectivity index (χ1) is 11.8. The first-order valence-electron chi connectivity index (χ1n) is 6.86. The third-order valence-electron chi connectivity index (χ3n) is 3.58. The van der Waals surface area contributed by atoms with E-state index in [9.17, 15) is 30.3 Å². The molecule has 11 nitrogen and oxygen atoms in total. The zero-order valence-electron chi connectivity index (χ0n) is 12.6. The molecule has 25 heavy (non-hydrogen) atoms. The molecule has 11 heteroatoms. The van der Waals surface area contributed by atoms with Gasteiger partial charge in [0.25, 0.3) is 5.69 Å². The molecule has 0 bridgehead atoms. The Morgan fingerprint density at radius 2 is 1.56 bits per heavy atom. The van der Waals surface area contributed by atoms with E-state index < -0.39 is 26.3 Å². The highest BCUT2D eigenvalue weighted by Crippen LogP contribution is 2.36. The van der Waals surface area contributed by atoms with Crippen molar-refractivity contribution in [2.24, 2.45) is 0 Å². The average Bonchev–Trinajstić information content (AvgIpc) is 2.94. The number of benzene rings is 1. The van der Waals surface area contributed by atoms with Crippen molar-refractivity contribution < 1.29 is 14.8 Å². The first kappa shape index (κ1) is 16.0. The van der Waals surface area contributed by atoms with Crippen LogP contribution in [0.25, 0.3) is 16.6 Å². The summed E-state index contributed by atoms with van der Waals surface area (Å²) in [4.78, 5) is 31.2. The van der Waals surface area contributed by atoms with Crippen molar-refractivity contribution in [2.75, 3.05) is 0 Å². The highest BCUT2D eigenvalue weighted by molar-refractivity contribution is 5.89. The van der Waals surface area contributed by atoms with E-state index in [1.54, 1.807) is 6.92 Å². The van der Waals surface area contributed by atoms with Gasteiger partial charge in [-0.05, 0) is 35.6 Å². The predicted molar refractivity (Wildman–Crippen MR) is 85.3 cm³/mol. The number of hydrogen-bond acceptors (Lipinski definition) is 7. The highest BCUT2D eigenvalue weighted by atomic mass is 16.6. The lowest BCUT2D eigenvalue weighted by Crippen LogP contribution is -2.01. The second-order valence-electron chi connectivity index (χ2n) is 5.17. The molecule has 0 amide bonds. The van der Waals surface area contributed by atoms with Crippen LogP contribution in [0.5, 0.6) is 0 Å². The van der Waals surface area contributed by atoms with Crippen LogP contribution in [-0.4, -0.2) is 24.4 Å². The number of nitrogens with zero attached hydrogens (tertiary/aromatic N) is 5. The number of fused-ring (bicyclic) bond motifs is 1. The normalized spacial score (nSPS) is 10.8. The maximum atomic E-state index is 11.3. The van der Waals surface area contributed by atoms with Gasteiger partial charge >= 0.3 is 11.5 Å². The van der Waals surface area contributed by atoms with Gasteiger partial charge in [-0.15, -0.1) is 0 Å². The van der Waals surface area contributed by atoms with Gasteiger partial charge in [0.15, 0.2) is 0 Å². The Bertz CT molecular complexity index is 1040. The van der Waals surface area contributed by atoms with E-state index in [-0.39, 0.29) is 11.2 Å². The van der Waals surface area contributed by atoms with Crippen molar-refractivity contribution in [3.63, 3.8) is 0 Å². The predicted octanol–water partition coefficient (Wildman–Crippen LogP) is 3.03. The third kappa shape index (κ3) is 2.63. The van der Waals surface area contributed by atoms with Crippen molar-refractivity contribution in [3.05, 3.63) is 72.4 Å². The topological polar surface area (TPSA) is 147 Å². The van der Waals surface area contributed by atoms with Crippen LogP contribution in [0.2, 0.25) is 0 Å². The number of aromatic nitrogens is 2. The van der Waals surface area contributed by atoms with Gasteiger partial charge in [-0.2, -0.15) is 0 Å². The number of rotatable bonds is 4. The van der Waals surface area contributed by atoms with E-state index in [4.69, 9.17) is 0 Å². The summed E-state index contributed by atoms with van der Waals surface area (Å²) in [6.07, 6.45) is 0. The SMILES string of the molecule is Cc1cc(-c2ccc([N+](=O)[O-])cc2)c2c([N+](=O)[O-])cc([N+](=O)[O-])n2n1. The van der Waals surface area contributed by atoms with Crippen LogP contribution >= 0.6 is 0 Å². The highest BCUT2D eigenvalue weighted by Gasteiger charge is 2.31. The van der Waals surface area contributed by atoms with Crippen LogP contribution < -0.4 is 0 Å². The van der Waals surface area contributed by atoms with Crippen molar-refractivity contribution in [3.8, 4) is 11.1 Å². The fourth-order valence-electron chi connectivity index (χ4n) is 2.54. The van der Waals surface area contributed by atoms with Gasteiger partial charge < -0.3 is 10.1 Å². The summed E-state index contributed by atoms with van der Waals surface area (Å²) in [6, 6.07) is 7.74. The van der Waals surface area contributed by atoms with Gasteiger partial charge in [-0.25, -0.2) is 0 Å². The van der Waals surface area contributed by atoms with Crippen LogP contribution in [0.1, 0.15) is 5.69 Å². The molecule has 0 aliphatic rings. The molecule has 1 aromatic carbocycles. The Morgan fingerprint density at radius 1 is 0.920 bits per heavy atom. The maximum Gasteiger partial charge on any atom is 0.355 e. The Balaban J connectivity index is 2.36. The zero-order chi connectivity index (χ0) is 18.3. The van der Waals surface area contributed by atoms with Gasteiger partial charge in [0.05, 0.1) is 15.5 Å². The van der Waals surface area contributed by atoms with Gasteiger partial charge in [-0.3, -0.25) is 20.2 Å². The standard InChI is InChI=1S/C14H9N5O6/c1-8-6-11(9-2-4-10(5-3-9)17(20)21)14-12(18(22)23)7-13(19(24)25)16(14)15-8/h2-7H,1H3. The van der Waals surface area contributed by atoms with Crippen molar-refractivity contribution in [1.29, 1.82) is 0 Å². The van der Waals surface area contributed by atoms with Crippen molar-refractivity contribution >= 4 is 22.7 Å². The quantitative estimate of drug-likeness (QED) is 0.522. The Labute approximate surface area is 138 Å². The van der Waals surface area contributed by atoms with Gasteiger partial charge in [0.2, 0.25) is 5.52 Å². The molecule has 0 saturated carbocycles. The molecule has 3 rings (SSSR count). The van der Waals surface area contributed by atoms with Crippen LogP contribution in [0.4, 0.5) is 17.2 Å². The molecule has 2 aromatic heterocycles. The smallest absolute Gasteiger partial charge is 0.355 e. The molecule has 0 aliphatic heterocycles. The Hall–Kier alpha value is -3.89. The minimum Gasteiger partial charge on any atom is -0.358 e. The lowest BCUT2D eigenvalue weighted by atomic mass is 10.0. The van der Waals surface area contributed by atoms with Crippen LogP contribution in [0, 0.1) is 37.3 Å². The van der Waals surface area contributed by atoms with E-state index in [1.165, 1.54) is 30.3 Å². The fraction of sp³-hybridized carbons (Fsp3) is 0.0714. The lowest BCUT2D eigenvalue weighted by Gasteiger charge is -2.03. The molecule has 126 valence electrons. The first-order valence-corrected chi connectivity index (χ1v) is 6.86. The molecular weight excluding hydrogens is 334 g/mol. The largest absolute Gasteiger partial charge is 0.358 e. The van der Waals surface area contributed by atoms with E-state index >= 15 is 0 Å². The summed E-state index contributed by atoms with van der Waals surface area (Å²) in [7, 11) is 0. The molecule has 0 unspecified atom stereocenters. The lowest BCUT2D eigenvalue weighted by molar-refractivity contribution is -0.394. The van der Waals surface area contributed by atoms with E-state index in [0.717, 1.165) is 10.6 Å². The molecule has 2 heterocycles. The number of hydrogen-bond donors (Lipinski definition) is 0. The van der Waals surface area contributed by atoms with Gasteiger partial charge in [0.1, 0.15) is 6.07 Å². The van der Waals surface area contributed by atoms with Crippen LogP contribution in [0.15, 0.2) is 36.4 Å². The summed E-state index contributed by atoms with van der Waals surface area (Å²) in [5, 5.41) is 37.3. The molecule has 3 aromatic rings. The van der Waals surface area contributed by atoms with Crippen molar-refractivity contribution in [1.82, 2.24) is 9.61 Å². The molecule has 0 fully saturated rings. The fourth-order valence-corrected chi connectivity index (χ4v) is 2.54. The molecule has 0 atom stereocenters. The minimum atomic E-state index is -0.758. The third-order valence-corrected chi connectivity index (χ3v) is 3.58. The van der Waals surface area contributed by atoms with E-state index in [1.807, 2.05) is 0 Å². The van der Waals surface area contributed by atoms with Crippen LogP contribution in [-0.2, 0) is 0 Å². The number of nitro groups is 3. The Kier molecular flexibility index (Phi) is 3.60. The summed E-state index contributed by atoms with van der Waals surface area (Å²) in [5.41, 5.74) is 0.513. The number of non-ortho nitro benzene ring substituents is 1. The molecule has 0 spiro atoms. The van der Waals surface area contributed by atoms with Crippen LogP contribution in [0.3, 0.4) is 0 Å². The Morgan fingerprint density at radius 3 is 2.08 bits per heavy atom.